The van der Waals surface area contributed by atoms with E-state index in [-0.39, 0.29) is 62.7 Å². The van der Waals surface area contributed by atoms with E-state index >= 15 is 0 Å². The summed E-state index contributed by atoms with van der Waals surface area (Å²) in [5.74, 6) is 1.27. The van der Waals surface area contributed by atoms with Crippen molar-refractivity contribution < 1.29 is 27.9 Å². The van der Waals surface area contributed by atoms with E-state index in [1.54, 1.807) is 11.8 Å². The number of terminal acetylenes is 1. The fraction of sp³-hybridized carbons (Fsp3) is 0.478. The summed E-state index contributed by atoms with van der Waals surface area (Å²) in [5.41, 5.74) is -0.345. The summed E-state index contributed by atoms with van der Waals surface area (Å²) in [6.07, 6.45) is 7.55. The maximum absolute atomic E-state index is 12.9. The van der Waals surface area contributed by atoms with Crippen LogP contribution in [0.5, 0.6) is 5.75 Å². The minimum Gasteiger partial charge on any atom is -0.506 e. The Balaban J connectivity index is 2.03. The molecule has 0 spiro atoms. The van der Waals surface area contributed by atoms with Crippen LogP contribution in [-0.2, 0) is 19.4 Å². The monoisotopic (exact) mass is 496 g/mol. The number of carbonyl (C=O) groups is 2. The van der Waals surface area contributed by atoms with Crippen LogP contribution >= 0.6 is 23.4 Å². The summed E-state index contributed by atoms with van der Waals surface area (Å²) >= 11 is 8.18. The Labute approximate surface area is 197 Å². The fourth-order valence-corrected chi connectivity index (χ4v) is 6.86. The van der Waals surface area contributed by atoms with Gasteiger partial charge in [0.05, 0.1) is 10.8 Å². The number of sulfone groups is 1. The minimum atomic E-state index is -3.70. The van der Waals surface area contributed by atoms with Crippen molar-refractivity contribution in [3.63, 3.8) is 0 Å². The number of rotatable bonds is 8. The van der Waals surface area contributed by atoms with E-state index in [4.69, 9.17) is 22.8 Å². The van der Waals surface area contributed by atoms with Crippen molar-refractivity contribution in [3.05, 3.63) is 28.3 Å². The number of thioether (sulfide) groups is 1. The quantitative estimate of drug-likeness (QED) is 0.248. The van der Waals surface area contributed by atoms with E-state index in [0.29, 0.717) is 0 Å². The highest BCUT2D eigenvalue weighted by molar-refractivity contribution is 8.00. The van der Waals surface area contributed by atoms with Gasteiger partial charge in [-0.05, 0) is 36.6 Å². The van der Waals surface area contributed by atoms with Gasteiger partial charge in [0.15, 0.2) is 27.2 Å². The van der Waals surface area contributed by atoms with E-state index in [1.165, 1.54) is 19.1 Å². The molecule has 0 saturated heterocycles. The van der Waals surface area contributed by atoms with Crippen molar-refractivity contribution in [1.82, 2.24) is 0 Å². The SMILES string of the molecule is C#CCOc1c(S(=O)(=O)CC)ccc(C(O)=C2C(=O)CC(C3(SCC)CC3)CC2=O)c1Cl. The Kier molecular flexibility index (Phi) is 7.33. The second-order valence-corrected chi connectivity index (χ2v) is 12.1. The molecule has 1 aromatic rings. The zero-order valence-corrected chi connectivity index (χ0v) is 20.3. The molecule has 172 valence electrons. The molecular weight excluding hydrogens is 472 g/mol. The number of allylic oxidation sites excluding steroid dienone is 1. The zero-order chi connectivity index (χ0) is 23.7. The lowest BCUT2D eigenvalue weighted by molar-refractivity contribution is -0.125. The predicted octanol–water partition coefficient (Wildman–Crippen LogP) is 4.25. The minimum absolute atomic E-state index is 0.0226. The van der Waals surface area contributed by atoms with Gasteiger partial charge in [-0.15, -0.1) is 6.42 Å². The van der Waals surface area contributed by atoms with Gasteiger partial charge in [0, 0.05) is 23.2 Å². The maximum atomic E-state index is 12.9. The second kappa shape index (κ2) is 9.50. The molecule has 3 rings (SSSR count). The number of carbonyl (C=O) groups excluding carboxylic acids is 2. The molecule has 0 unspecified atom stereocenters. The largest absolute Gasteiger partial charge is 0.506 e. The normalized spacial score (nSPS) is 20.1. The van der Waals surface area contributed by atoms with Crippen molar-refractivity contribution >= 4 is 50.5 Å². The lowest BCUT2D eigenvalue weighted by Gasteiger charge is -2.29. The van der Waals surface area contributed by atoms with Crippen LogP contribution in [0.15, 0.2) is 22.6 Å². The molecule has 0 radical (unpaired) electrons. The Morgan fingerprint density at radius 1 is 1.28 bits per heavy atom. The number of benzene rings is 1. The Hall–Kier alpha value is -1.95. The van der Waals surface area contributed by atoms with Crippen LogP contribution in [0.3, 0.4) is 0 Å². The third kappa shape index (κ3) is 4.57. The van der Waals surface area contributed by atoms with Gasteiger partial charge < -0.3 is 9.84 Å². The summed E-state index contributed by atoms with van der Waals surface area (Å²) in [5, 5.41) is 10.7. The van der Waals surface area contributed by atoms with Gasteiger partial charge in [0.1, 0.15) is 22.8 Å². The van der Waals surface area contributed by atoms with Gasteiger partial charge >= 0.3 is 0 Å². The molecule has 0 aliphatic heterocycles. The fourth-order valence-electron chi connectivity index (χ4n) is 4.10. The molecule has 2 aliphatic rings. The average Bonchev–Trinajstić information content (AvgIpc) is 3.53. The maximum Gasteiger partial charge on any atom is 0.181 e. The first kappa shape index (κ1) is 24.7. The number of aliphatic hydroxyl groups is 1. The van der Waals surface area contributed by atoms with Crippen molar-refractivity contribution in [2.75, 3.05) is 18.1 Å². The van der Waals surface area contributed by atoms with Crippen LogP contribution in [-0.4, -0.2) is 48.0 Å². The highest BCUT2D eigenvalue weighted by atomic mass is 35.5. The van der Waals surface area contributed by atoms with Crippen molar-refractivity contribution in [2.24, 2.45) is 5.92 Å². The smallest absolute Gasteiger partial charge is 0.181 e. The van der Waals surface area contributed by atoms with Crippen LogP contribution in [0.25, 0.3) is 5.76 Å². The average molecular weight is 497 g/mol. The molecule has 1 aromatic carbocycles. The number of aliphatic hydroxyl groups excluding tert-OH is 1. The van der Waals surface area contributed by atoms with Crippen LogP contribution in [0.1, 0.15) is 45.1 Å². The number of hydrogen-bond acceptors (Lipinski definition) is 7. The molecule has 0 bridgehead atoms. The standard InChI is InChI=1S/C23H25ClO6S2/c1-4-11-30-22-18(32(28,29)6-3)8-7-15(20(22)24)21(27)19-16(25)12-14(13-17(19)26)23(9-10-23)31-5-2/h1,7-8,14,27H,5-6,9-13H2,2-3H3. The molecule has 9 heteroatoms. The van der Waals surface area contributed by atoms with Gasteiger partial charge in [-0.25, -0.2) is 8.42 Å². The lowest BCUT2D eigenvalue weighted by Crippen LogP contribution is -2.33. The van der Waals surface area contributed by atoms with E-state index in [2.05, 4.69) is 12.8 Å². The van der Waals surface area contributed by atoms with Gasteiger partial charge in [0.25, 0.3) is 0 Å². The molecule has 2 aliphatic carbocycles. The second-order valence-electron chi connectivity index (χ2n) is 7.82. The van der Waals surface area contributed by atoms with E-state index < -0.39 is 27.2 Å². The van der Waals surface area contributed by atoms with Crippen molar-refractivity contribution in [1.29, 1.82) is 0 Å². The summed E-state index contributed by atoms with van der Waals surface area (Å²) < 4.78 is 30.2. The topological polar surface area (TPSA) is 97.7 Å². The lowest BCUT2D eigenvalue weighted by atomic mass is 9.79. The summed E-state index contributed by atoms with van der Waals surface area (Å²) in [6.45, 7) is 3.28. The Morgan fingerprint density at radius 3 is 2.41 bits per heavy atom. The predicted molar refractivity (Wildman–Crippen MR) is 126 cm³/mol. The molecule has 6 nitrogen and oxygen atoms in total. The molecule has 0 amide bonds. The van der Waals surface area contributed by atoms with E-state index in [9.17, 15) is 23.1 Å². The number of ketones is 2. The molecule has 2 fully saturated rings. The molecule has 0 atom stereocenters. The number of ether oxygens (including phenoxy) is 1. The van der Waals surface area contributed by atoms with Crippen molar-refractivity contribution in [2.45, 2.75) is 49.2 Å². The Morgan fingerprint density at radius 2 is 1.91 bits per heavy atom. The third-order valence-electron chi connectivity index (χ3n) is 5.91. The van der Waals surface area contributed by atoms with Crippen LogP contribution < -0.4 is 4.74 Å². The molecule has 2 saturated carbocycles. The molecule has 1 N–H and O–H groups in total. The van der Waals surface area contributed by atoms with E-state index in [1.807, 2.05) is 0 Å². The molecular formula is C23H25ClO6S2. The zero-order valence-electron chi connectivity index (χ0n) is 17.9. The summed E-state index contributed by atoms with van der Waals surface area (Å²) in [7, 11) is -3.70. The first-order chi connectivity index (χ1) is 15.1. The number of Topliss-reactive ketones (excluding diaryl/α,β-unsaturated/α-hetero) is 2. The van der Waals surface area contributed by atoms with Crippen molar-refractivity contribution in [3.8, 4) is 18.1 Å². The molecule has 32 heavy (non-hydrogen) atoms. The first-order valence-electron chi connectivity index (χ1n) is 10.4. The van der Waals surface area contributed by atoms with E-state index in [0.717, 1.165) is 18.6 Å². The number of hydrogen-bond donors (Lipinski definition) is 1. The van der Waals surface area contributed by atoms with Crippen LogP contribution in [0.4, 0.5) is 0 Å². The van der Waals surface area contributed by atoms with Crippen LogP contribution in [0, 0.1) is 18.3 Å². The van der Waals surface area contributed by atoms with Gasteiger partial charge in [-0.3, -0.25) is 9.59 Å². The Bertz CT molecular complexity index is 1110. The summed E-state index contributed by atoms with van der Waals surface area (Å²) in [4.78, 5) is 25.6. The summed E-state index contributed by atoms with van der Waals surface area (Å²) in [6, 6.07) is 2.51. The first-order valence-corrected chi connectivity index (χ1v) is 13.4. The highest BCUT2D eigenvalue weighted by Gasteiger charge is 2.52. The molecule has 0 aromatic heterocycles. The van der Waals surface area contributed by atoms with Gasteiger partial charge in [-0.1, -0.05) is 31.4 Å². The number of halogens is 1. The highest BCUT2D eigenvalue weighted by Crippen LogP contribution is 2.57. The van der Waals surface area contributed by atoms with Gasteiger partial charge in [0.2, 0.25) is 0 Å². The van der Waals surface area contributed by atoms with Gasteiger partial charge in [-0.2, -0.15) is 11.8 Å². The third-order valence-corrected chi connectivity index (χ3v) is 9.64. The molecule has 0 heterocycles. The van der Waals surface area contributed by atoms with Crippen LogP contribution in [0.2, 0.25) is 5.02 Å².